The second kappa shape index (κ2) is 7.03. The summed E-state index contributed by atoms with van der Waals surface area (Å²) in [7, 11) is 1.72. The van der Waals surface area contributed by atoms with E-state index in [2.05, 4.69) is 35.3 Å². The van der Waals surface area contributed by atoms with E-state index in [0.717, 1.165) is 31.7 Å². The van der Waals surface area contributed by atoms with Crippen molar-refractivity contribution in [2.45, 2.75) is 43.9 Å². The second-order valence-electron chi connectivity index (χ2n) is 6.07. The van der Waals surface area contributed by atoms with Crippen LogP contribution < -0.4 is 10.1 Å². The molecule has 4 heteroatoms. The van der Waals surface area contributed by atoms with Gasteiger partial charge in [0.2, 0.25) is 0 Å². The van der Waals surface area contributed by atoms with Crippen molar-refractivity contribution in [3.05, 3.63) is 29.8 Å². The first-order valence-electron chi connectivity index (χ1n) is 7.88. The van der Waals surface area contributed by atoms with Crippen LogP contribution in [0.15, 0.2) is 24.3 Å². The van der Waals surface area contributed by atoms with Crippen LogP contribution in [0.5, 0.6) is 5.75 Å². The summed E-state index contributed by atoms with van der Waals surface area (Å²) >= 11 is 2.06. The van der Waals surface area contributed by atoms with Crippen molar-refractivity contribution in [3.8, 4) is 5.75 Å². The van der Waals surface area contributed by atoms with E-state index < -0.39 is 0 Å². The highest BCUT2D eigenvalue weighted by molar-refractivity contribution is 7.99. The predicted octanol–water partition coefficient (Wildman–Crippen LogP) is 3.23. The average molecular weight is 307 g/mol. The fraction of sp³-hybridized carbons (Fsp3) is 0.647. The molecule has 0 aliphatic carbocycles. The molecule has 2 heterocycles. The molecule has 0 amide bonds. The number of benzene rings is 1. The molecule has 0 saturated carbocycles. The first-order valence-corrected chi connectivity index (χ1v) is 9.03. The Hall–Kier alpha value is -0.710. The van der Waals surface area contributed by atoms with E-state index in [0.29, 0.717) is 6.04 Å². The van der Waals surface area contributed by atoms with Crippen molar-refractivity contribution < 1.29 is 9.47 Å². The van der Waals surface area contributed by atoms with Gasteiger partial charge in [0.05, 0.1) is 12.7 Å². The Morgan fingerprint density at radius 2 is 2.24 bits per heavy atom. The summed E-state index contributed by atoms with van der Waals surface area (Å²) in [5.41, 5.74) is 1.45. The highest BCUT2D eigenvalue weighted by atomic mass is 32.2. The number of ether oxygens (including phenoxy) is 2. The molecule has 1 aromatic carbocycles. The van der Waals surface area contributed by atoms with Crippen LogP contribution in [-0.2, 0) is 11.3 Å². The van der Waals surface area contributed by atoms with Crippen LogP contribution >= 0.6 is 11.8 Å². The van der Waals surface area contributed by atoms with E-state index >= 15 is 0 Å². The molecule has 1 atom stereocenters. The van der Waals surface area contributed by atoms with Crippen LogP contribution in [0.2, 0.25) is 0 Å². The highest BCUT2D eigenvalue weighted by Gasteiger charge is 2.38. The summed E-state index contributed by atoms with van der Waals surface area (Å²) < 4.78 is 11.4. The zero-order chi connectivity index (χ0) is 14.5. The molecule has 116 valence electrons. The molecule has 2 fully saturated rings. The molecular weight excluding hydrogens is 282 g/mol. The minimum Gasteiger partial charge on any atom is -0.497 e. The number of thioether (sulfide) groups is 1. The molecule has 21 heavy (non-hydrogen) atoms. The summed E-state index contributed by atoms with van der Waals surface area (Å²) in [5, 5.41) is 3.72. The molecule has 1 N–H and O–H groups in total. The molecular formula is C17H25NO2S. The minimum absolute atomic E-state index is 0.162. The summed E-state index contributed by atoms with van der Waals surface area (Å²) in [5.74, 6) is 3.44. The lowest BCUT2D eigenvalue weighted by molar-refractivity contribution is -0.0933. The number of rotatable bonds is 4. The Bertz CT molecular complexity index is 454. The van der Waals surface area contributed by atoms with E-state index in [4.69, 9.17) is 9.47 Å². The van der Waals surface area contributed by atoms with E-state index in [1.807, 2.05) is 6.07 Å². The Kier molecular flexibility index (Phi) is 5.09. The van der Waals surface area contributed by atoms with Gasteiger partial charge in [0.1, 0.15) is 5.75 Å². The summed E-state index contributed by atoms with van der Waals surface area (Å²) in [4.78, 5) is 0. The number of nitrogens with one attached hydrogen (secondary N) is 1. The maximum Gasteiger partial charge on any atom is 0.119 e. The maximum absolute atomic E-state index is 6.15. The molecule has 0 aromatic heterocycles. The van der Waals surface area contributed by atoms with Gasteiger partial charge in [0, 0.05) is 19.2 Å². The molecule has 2 saturated heterocycles. The Morgan fingerprint density at radius 3 is 3.05 bits per heavy atom. The highest BCUT2D eigenvalue weighted by Crippen LogP contribution is 2.37. The van der Waals surface area contributed by atoms with Gasteiger partial charge in [0.25, 0.3) is 0 Å². The number of hydrogen-bond acceptors (Lipinski definition) is 4. The van der Waals surface area contributed by atoms with Crippen molar-refractivity contribution in [2.75, 3.05) is 25.2 Å². The summed E-state index contributed by atoms with van der Waals surface area (Å²) in [6.07, 6.45) is 4.72. The first-order chi connectivity index (χ1) is 10.3. The molecule has 3 nitrogen and oxygen atoms in total. The van der Waals surface area contributed by atoms with E-state index in [-0.39, 0.29) is 5.60 Å². The Balaban J connectivity index is 1.54. The largest absolute Gasteiger partial charge is 0.497 e. The van der Waals surface area contributed by atoms with Crippen LogP contribution in [0, 0.1) is 0 Å². The van der Waals surface area contributed by atoms with Gasteiger partial charge < -0.3 is 14.8 Å². The zero-order valence-corrected chi connectivity index (χ0v) is 13.6. The van der Waals surface area contributed by atoms with Crippen LogP contribution in [0.1, 0.15) is 31.2 Å². The van der Waals surface area contributed by atoms with Crippen LogP contribution in [0.3, 0.4) is 0 Å². The van der Waals surface area contributed by atoms with Crippen LogP contribution in [-0.4, -0.2) is 36.9 Å². The van der Waals surface area contributed by atoms with Crippen molar-refractivity contribution in [1.29, 1.82) is 0 Å². The number of methoxy groups -OCH3 is 1. The van der Waals surface area contributed by atoms with Crippen molar-refractivity contribution in [3.63, 3.8) is 0 Å². The van der Waals surface area contributed by atoms with Gasteiger partial charge in [-0.2, -0.15) is 11.8 Å². The monoisotopic (exact) mass is 307 g/mol. The molecule has 1 spiro atoms. The van der Waals surface area contributed by atoms with Crippen LogP contribution in [0.25, 0.3) is 0 Å². The smallest absolute Gasteiger partial charge is 0.119 e. The molecule has 1 unspecified atom stereocenters. The minimum atomic E-state index is 0.162. The third kappa shape index (κ3) is 3.93. The van der Waals surface area contributed by atoms with Gasteiger partial charge in [-0.15, -0.1) is 0 Å². The lowest BCUT2D eigenvalue weighted by Crippen LogP contribution is -2.48. The summed E-state index contributed by atoms with van der Waals surface area (Å²) in [6.45, 7) is 1.81. The molecule has 1 aromatic rings. The third-order valence-electron chi connectivity index (χ3n) is 4.63. The van der Waals surface area contributed by atoms with Crippen molar-refractivity contribution in [1.82, 2.24) is 5.32 Å². The predicted molar refractivity (Wildman–Crippen MR) is 88.1 cm³/mol. The molecule has 2 aliphatic heterocycles. The fourth-order valence-electron chi connectivity index (χ4n) is 3.34. The van der Waals surface area contributed by atoms with E-state index in [1.165, 1.54) is 29.9 Å². The van der Waals surface area contributed by atoms with Crippen molar-refractivity contribution >= 4 is 11.8 Å². The normalized spacial score (nSPS) is 24.9. The SMILES string of the molecule is COc1cccc(CNC2CCOC3(CCSCC3)C2)c1. The topological polar surface area (TPSA) is 30.5 Å². The summed E-state index contributed by atoms with van der Waals surface area (Å²) in [6, 6.07) is 8.89. The van der Waals surface area contributed by atoms with E-state index in [1.54, 1.807) is 7.11 Å². The van der Waals surface area contributed by atoms with Gasteiger partial charge in [-0.05, 0) is 54.9 Å². The van der Waals surface area contributed by atoms with Crippen LogP contribution in [0.4, 0.5) is 0 Å². The Labute approximate surface area is 131 Å². The molecule has 0 radical (unpaired) electrons. The lowest BCUT2D eigenvalue weighted by atomic mass is 9.85. The van der Waals surface area contributed by atoms with Gasteiger partial charge in [0.15, 0.2) is 0 Å². The van der Waals surface area contributed by atoms with Gasteiger partial charge in [-0.25, -0.2) is 0 Å². The Morgan fingerprint density at radius 1 is 1.38 bits per heavy atom. The van der Waals surface area contributed by atoms with Crippen molar-refractivity contribution in [2.24, 2.45) is 0 Å². The van der Waals surface area contributed by atoms with Gasteiger partial charge >= 0.3 is 0 Å². The third-order valence-corrected chi connectivity index (χ3v) is 5.61. The van der Waals surface area contributed by atoms with Gasteiger partial charge in [-0.1, -0.05) is 12.1 Å². The first kappa shape index (κ1) is 15.2. The fourth-order valence-corrected chi connectivity index (χ4v) is 4.58. The molecule has 3 rings (SSSR count). The number of hydrogen-bond donors (Lipinski definition) is 1. The molecule has 2 aliphatic rings. The quantitative estimate of drug-likeness (QED) is 0.925. The lowest BCUT2D eigenvalue weighted by Gasteiger charge is -2.43. The van der Waals surface area contributed by atoms with E-state index in [9.17, 15) is 0 Å². The standard InChI is InChI=1S/C17H25NO2S/c1-19-16-4-2-3-14(11-16)13-18-15-5-8-20-17(12-15)6-9-21-10-7-17/h2-4,11,15,18H,5-10,12-13H2,1H3. The maximum atomic E-state index is 6.15. The second-order valence-corrected chi connectivity index (χ2v) is 7.29. The zero-order valence-electron chi connectivity index (χ0n) is 12.8. The van der Waals surface area contributed by atoms with Gasteiger partial charge in [-0.3, -0.25) is 0 Å². The average Bonchev–Trinajstić information content (AvgIpc) is 2.54. The molecule has 0 bridgehead atoms.